The van der Waals surface area contributed by atoms with Crippen LogP contribution in [-0.2, 0) is 19.9 Å². The Morgan fingerprint density at radius 3 is 3.09 bits per heavy atom. The number of carbonyl (C=O) groups excluding carboxylic acids is 1. The van der Waals surface area contributed by atoms with Gasteiger partial charge in [-0.05, 0) is 13.0 Å². The minimum absolute atomic E-state index is 0.00394. The van der Waals surface area contributed by atoms with Gasteiger partial charge in [0.25, 0.3) is 0 Å². The number of ether oxygens (including phenoxy) is 2. The lowest BCUT2D eigenvalue weighted by atomic mass is 9.99. The standard InChI is InChI=1S/C14H19N3O4S/c18-12(9-1-2-17-3-4-20-6-10(9)17)16-13-15-5-11(22-13)14(19)7-21-8-14/h5,9-10,19H,1-4,6-8H2,(H,15,16,18). The Bertz CT molecular complexity index is 574. The number of aliphatic hydroxyl groups is 1. The zero-order valence-corrected chi connectivity index (χ0v) is 13.0. The fourth-order valence-electron chi connectivity index (χ4n) is 3.29. The van der Waals surface area contributed by atoms with E-state index in [2.05, 4.69) is 15.2 Å². The summed E-state index contributed by atoms with van der Waals surface area (Å²) in [6.07, 6.45) is 2.48. The van der Waals surface area contributed by atoms with Gasteiger partial charge in [0.2, 0.25) is 5.91 Å². The molecule has 1 aromatic rings. The van der Waals surface area contributed by atoms with E-state index in [1.807, 2.05) is 0 Å². The molecule has 0 aliphatic carbocycles. The summed E-state index contributed by atoms with van der Waals surface area (Å²) < 4.78 is 10.5. The van der Waals surface area contributed by atoms with E-state index in [4.69, 9.17) is 9.47 Å². The molecule has 2 atom stereocenters. The van der Waals surface area contributed by atoms with Crippen LogP contribution in [0.3, 0.4) is 0 Å². The average Bonchev–Trinajstić information content (AvgIpc) is 3.11. The maximum Gasteiger partial charge on any atom is 0.230 e. The second-order valence-electron chi connectivity index (χ2n) is 6.12. The highest BCUT2D eigenvalue weighted by molar-refractivity contribution is 7.15. The van der Waals surface area contributed by atoms with Crippen molar-refractivity contribution in [3.05, 3.63) is 11.1 Å². The van der Waals surface area contributed by atoms with Gasteiger partial charge >= 0.3 is 0 Å². The van der Waals surface area contributed by atoms with Gasteiger partial charge in [0.1, 0.15) is 5.60 Å². The lowest BCUT2D eigenvalue weighted by Crippen LogP contribution is -2.46. The van der Waals surface area contributed by atoms with Crippen molar-refractivity contribution in [2.45, 2.75) is 18.1 Å². The number of morpholine rings is 1. The molecule has 22 heavy (non-hydrogen) atoms. The molecule has 2 N–H and O–H groups in total. The summed E-state index contributed by atoms with van der Waals surface area (Å²) in [4.78, 5) is 19.8. The van der Waals surface area contributed by atoms with Crippen LogP contribution in [0.15, 0.2) is 6.20 Å². The third-order valence-corrected chi connectivity index (χ3v) is 5.79. The lowest BCUT2D eigenvalue weighted by Gasteiger charge is -2.34. The van der Waals surface area contributed by atoms with Crippen molar-refractivity contribution in [1.82, 2.24) is 9.88 Å². The van der Waals surface area contributed by atoms with Crippen LogP contribution >= 0.6 is 11.3 Å². The summed E-state index contributed by atoms with van der Waals surface area (Å²) in [5, 5.41) is 13.6. The van der Waals surface area contributed by atoms with Crippen molar-refractivity contribution in [3.8, 4) is 0 Å². The molecule has 3 aliphatic rings. The van der Waals surface area contributed by atoms with Gasteiger partial charge in [-0.2, -0.15) is 0 Å². The molecule has 1 aromatic heterocycles. The maximum absolute atomic E-state index is 12.5. The zero-order valence-electron chi connectivity index (χ0n) is 12.2. The van der Waals surface area contributed by atoms with Gasteiger partial charge in [-0.15, -0.1) is 0 Å². The highest BCUT2D eigenvalue weighted by Crippen LogP contribution is 2.35. The third kappa shape index (κ3) is 2.44. The lowest BCUT2D eigenvalue weighted by molar-refractivity contribution is -0.182. The minimum atomic E-state index is -0.929. The van der Waals surface area contributed by atoms with Crippen LogP contribution in [0.4, 0.5) is 5.13 Å². The molecule has 3 aliphatic heterocycles. The number of hydrogen-bond acceptors (Lipinski definition) is 7. The van der Waals surface area contributed by atoms with Crippen LogP contribution in [-0.4, -0.2) is 66.5 Å². The van der Waals surface area contributed by atoms with E-state index >= 15 is 0 Å². The number of rotatable bonds is 3. The molecule has 8 heteroatoms. The molecule has 1 amide bonds. The first-order valence-electron chi connectivity index (χ1n) is 7.55. The predicted molar refractivity (Wildman–Crippen MR) is 79.7 cm³/mol. The molecule has 120 valence electrons. The van der Waals surface area contributed by atoms with Crippen molar-refractivity contribution < 1.29 is 19.4 Å². The van der Waals surface area contributed by atoms with E-state index in [-0.39, 0.29) is 17.9 Å². The molecular weight excluding hydrogens is 306 g/mol. The molecule has 0 aromatic carbocycles. The number of thiazole rings is 1. The summed E-state index contributed by atoms with van der Waals surface area (Å²) in [6, 6.07) is 0.178. The van der Waals surface area contributed by atoms with Gasteiger partial charge in [0, 0.05) is 18.8 Å². The number of nitrogens with one attached hydrogen (secondary N) is 1. The summed E-state index contributed by atoms with van der Waals surface area (Å²) in [7, 11) is 0. The third-order valence-electron chi connectivity index (χ3n) is 4.69. The highest BCUT2D eigenvalue weighted by Gasteiger charge is 2.42. The van der Waals surface area contributed by atoms with E-state index < -0.39 is 5.60 Å². The molecule has 4 heterocycles. The van der Waals surface area contributed by atoms with E-state index in [1.54, 1.807) is 6.20 Å². The van der Waals surface area contributed by atoms with Crippen LogP contribution in [0.5, 0.6) is 0 Å². The fourth-order valence-corrected chi connectivity index (χ4v) is 4.17. The van der Waals surface area contributed by atoms with E-state index in [1.165, 1.54) is 11.3 Å². The molecule has 0 saturated carbocycles. The Hall–Kier alpha value is -1.06. The number of aromatic nitrogens is 1. The van der Waals surface area contributed by atoms with Crippen LogP contribution < -0.4 is 5.32 Å². The first kappa shape index (κ1) is 14.5. The molecule has 0 radical (unpaired) electrons. The number of anilines is 1. The first-order chi connectivity index (χ1) is 10.7. The summed E-state index contributed by atoms with van der Waals surface area (Å²) in [6.45, 7) is 3.81. The number of carbonyl (C=O) groups is 1. The second kappa shape index (κ2) is 5.54. The molecule has 3 fully saturated rings. The predicted octanol–water partition coefficient (Wildman–Crippen LogP) is 0.0201. The molecule has 7 nitrogen and oxygen atoms in total. The van der Waals surface area contributed by atoms with Crippen LogP contribution in [0.25, 0.3) is 0 Å². The molecule has 0 bridgehead atoms. The van der Waals surface area contributed by atoms with Crippen molar-refractivity contribution in [2.75, 3.05) is 44.8 Å². The van der Waals surface area contributed by atoms with E-state index in [0.29, 0.717) is 25.0 Å². The summed E-state index contributed by atoms with van der Waals surface area (Å²) in [5.74, 6) is -0.0569. The molecule has 4 rings (SSSR count). The Morgan fingerprint density at radius 2 is 2.32 bits per heavy atom. The van der Waals surface area contributed by atoms with Crippen LogP contribution in [0, 0.1) is 5.92 Å². The fraction of sp³-hybridized carbons (Fsp3) is 0.714. The van der Waals surface area contributed by atoms with Gasteiger partial charge in [0.15, 0.2) is 5.13 Å². The van der Waals surface area contributed by atoms with Crippen LogP contribution in [0.1, 0.15) is 11.3 Å². The normalized spacial score (nSPS) is 30.6. The topological polar surface area (TPSA) is 83.9 Å². The zero-order chi connectivity index (χ0) is 15.2. The van der Waals surface area contributed by atoms with E-state index in [0.717, 1.165) is 31.0 Å². The largest absolute Gasteiger partial charge is 0.379 e. The van der Waals surface area contributed by atoms with Crippen LogP contribution in [0.2, 0.25) is 0 Å². The Balaban J connectivity index is 1.42. The van der Waals surface area contributed by atoms with Crippen molar-refractivity contribution in [2.24, 2.45) is 5.92 Å². The molecule has 0 spiro atoms. The SMILES string of the molecule is O=C(Nc1ncc(C2(O)COC2)s1)C1CCN2CCOCC12. The number of nitrogens with zero attached hydrogens (tertiary/aromatic N) is 2. The van der Waals surface area contributed by atoms with Crippen molar-refractivity contribution in [1.29, 1.82) is 0 Å². The van der Waals surface area contributed by atoms with Gasteiger partial charge in [-0.25, -0.2) is 4.98 Å². The van der Waals surface area contributed by atoms with E-state index in [9.17, 15) is 9.90 Å². The van der Waals surface area contributed by atoms with Gasteiger partial charge in [-0.3, -0.25) is 9.69 Å². The quantitative estimate of drug-likeness (QED) is 0.815. The number of amides is 1. The average molecular weight is 325 g/mol. The monoisotopic (exact) mass is 325 g/mol. The van der Waals surface area contributed by atoms with Gasteiger partial charge < -0.3 is 19.9 Å². The Morgan fingerprint density at radius 1 is 1.45 bits per heavy atom. The molecular formula is C14H19N3O4S. The summed E-state index contributed by atoms with van der Waals surface area (Å²) >= 11 is 1.31. The minimum Gasteiger partial charge on any atom is -0.379 e. The summed E-state index contributed by atoms with van der Waals surface area (Å²) in [5.41, 5.74) is -0.929. The number of hydrogen-bond donors (Lipinski definition) is 2. The van der Waals surface area contributed by atoms with Crippen molar-refractivity contribution in [3.63, 3.8) is 0 Å². The Labute approximate surface area is 132 Å². The smallest absolute Gasteiger partial charge is 0.230 e. The maximum atomic E-state index is 12.5. The van der Waals surface area contributed by atoms with Gasteiger partial charge in [0.05, 0.1) is 37.2 Å². The van der Waals surface area contributed by atoms with Crippen molar-refractivity contribution >= 4 is 22.4 Å². The Kier molecular flexibility index (Phi) is 3.66. The first-order valence-corrected chi connectivity index (χ1v) is 8.36. The number of fused-ring (bicyclic) bond motifs is 1. The molecule has 3 saturated heterocycles. The van der Waals surface area contributed by atoms with Gasteiger partial charge in [-0.1, -0.05) is 11.3 Å². The molecule has 2 unspecified atom stereocenters. The highest BCUT2D eigenvalue weighted by atomic mass is 32.1. The second-order valence-corrected chi connectivity index (χ2v) is 7.15.